The van der Waals surface area contributed by atoms with Gasteiger partial charge in [-0.15, -0.1) is 0 Å². The summed E-state index contributed by atoms with van der Waals surface area (Å²) in [4.78, 5) is 16.4. The van der Waals surface area contributed by atoms with Crippen LogP contribution in [0.4, 0.5) is 0 Å². The summed E-state index contributed by atoms with van der Waals surface area (Å²) in [6.45, 7) is 3.86. The van der Waals surface area contributed by atoms with Gasteiger partial charge in [0.1, 0.15) is 6.10 Å². The standard InChI is InChI=1S/C12H23N3O2/c1-14(2)10-4-3-6-15(9-10)12(16)11-8-13-5-7-17-11/h10-11,13H,3-9H2,1-2H3. The average Bonchev–Trinajstić information content (AvgIpc) is 2.39. The van der Waals surface area contributed by atoms with E-state index in [0.717, 1.165) is 26.1 Å². The summed E-state index contributed by atoms with van der Waals surface area (Å²) in [6.07, 6.45) is 2.00. The predicted molar refractivity (Wildman–Crippen MR) is 65.9 cm³/mol. The molecule has 1 N–H and O–H groups in total. The second-order valence-electron chi connectivity index (χ2n) is 5.11. The first-order valence-corrected chi connectivity index (χ1v) is 6.46. The van der Waals surface area contributed by atoms with E-state index < -0.39 is 0 Å². The number of piperidine rings is 1. The molecule has 2 saturated heterocycles. The molecule has 5 nitrogen and oxygen atoms in total. The second-order valence-corrected chi connectivity index (χ2v) is 5.11. The third-order valence-electron chi connectivity index (χ3n) is 3.64. The van der Waals surface area contributed by atoms with Crippen molar-refractivity contribution in [2.24, 2.45) is 0 Å². The Bertz CT molecular complexity index is 264. The molecule has 0 spiro atoms. The fraction of sp³-hybridized carbons (Fsp3) is 0.917. The van der Waals surface area contributed by atoms with E-state index in [1.165, 1.54) is 6.42 Å². The fourth-order valence-corrected chi connectivity index (χ4v) is 2.50. The van der Waals surface area contributed by atoms with Crippen LogP contribution in [0.25, 0.3) is 0 Å². The minimum atomic E-state index is -0.273. The monoisotopic (exact) mass is 241 g/mol. The van der Waals surface area contributed by atoms with Crippen LogP contribution < -0.4 is 5.32 Å². The smallest absolute Gasteiger partial charge is 0.253 e. The summed E-state index contributed by atoms with van der Waals surface area (Å²) in [5.74, 6) is 0.156. The van der Waals surface area contributed by atoms with Crippen molar-refractivity contribution in [3.63, 3.8) is 0 Å². The number of nitrogens with one attached hydrogen (secondary N) is 1. The molecule has 0 aromatic heterocycles. The first kappa shape index (κ1) is 12.8. The first-order valence-electron chi connectivity index (χ1n) is 6.46. The summed E-state index contributed by atoms with van der Waals surface area (Å²) >= 11 is 0. The van der Waals surface area contributed by atoms with Crippen LogP contribution in [0.2, 0.25) is 0 Å². The maximum Gasteiger partial charge on any atom is 0.253 e. The van der Waals surface area contributed by atoms with Crippen LogP contribution in [0.3, 0.4) is 0 Å². The third-order valence-corrected chi connectivity index (χ3v) is 3.64. The molecule has 2 aliphatic rings. The van der Waals surface area contributed by atoms with Crippen molar-refractivity contribution >= 4 is 5.91 Å². The number of carbonyl (C=O) groups excluding carboxylic acids is 1. The Hall–Kier alpha value is -0.650. The molecule has 2 heterocycles. The van der Waals surface area contributed by atoms with Gasteiger partial charge in [0.05, 0.1) is 6.61 Å². The maximum absolute atomic E-state index is 12.3. The Morgan fingerprint density at radius 2 is 2.29 bits per heavy atom. The zero-order valence-corrected chi connectivity index (χ0v) is 10.8. The number of hydrogen-bond acceptors (Lipinski definition) is 4. The van der Waals surface area contributed by atoms with Crippen molar-refractivity contribution in [2.75, 3.05) is 46.9 Å². The molecule has 2 rings (SSSR count). The first-order chi connectivity index (χ1) is 8.18. The summed E-state index contributed by atoms with van der Waals surface area (Å²) < 4.78 is 5.52. The molecule has 1 amide bonds. The highest BCUT2D eigenvalue weighted by Crippen LogP contribution is 2.15. The van der Waals surface area contributed by atoms with Crippen molar-refractivity contribution in [2.45, 2.75) is 25.0 Å². The number of nitrogens with zero attached hydrogens (tertiary/aromatic N) is 2. The number of rotatable bonds is 2. The van der Waals surface area contributed by atoms with Crippen LogP contribution in [0.15, 0.2) is 0 Å². The van der Waals surface area contributed by atoms with Crippen LogP contribution in [0, 0.1) is 0 Å². The summed E-state index contributed by atoms with van der Waals surface area (Å²) in [7, 11) is 4.16. The molecule has 0 aliphatic carbocycles. The van der Waals surface area contributed by atoms with Crippen molar-refractivity contribution in [1.29, 1.82) is 0 Å². The van der Waals surface area contributed by atoms with Gasteiger partial charge in [-0.3, -0.25) is 4.79 Å². The van der Waals surface area contributed by atoms with Gasteiger partial charge in [0.2, 0.25) is 0 Å². The molecular formula is C12H23N3O2. The Morgan fingerprint density at radius 3 is 2.94 bits per heavy atom. The molecule has 0 radical (unpaired) electrons. The van der Waals surface area contributed by atoms with Crippen LogP contribution >= 0.6 is 0 Å². The minimum absolute atomic E-state index is 0.156. The largest absolute Gasteiger partial charge is 0.366 e. The van der Waals surface area contributed by atoms with Crippen molar-refractivity contribution in [3.8, 4) is 0 Å². The predicted octanol–water partition coefficient (Wildman–Crippen LogP) is -0.473. The number of likely N-dealkylation sites (N-methyl/N-ethyl adjacent to an activating group) is 1. The van der Waals surface area contributed by atoms with Gasteiger partial charge in [0, 0.05) is 32.2 Å². The molecule has 98 valence electrons. The minimum Gasteiger partial charge on any atom is -0.366 e. The highest BCUT2D eigenvalue weighted by Gasteiger charge is 2.30. The zero-order valence-electron chi connectivity index (χ0n) is 10.8. The van der Waals surface area contributed by atoms with E-state index in [4.69, 9.17) is 4.74 Å². The molecule has 17 heavy (non-hydrogen) atoms. The molecular weight excluding hydrogens is 218 g/mol. The van der Waals surface area contributed by atoms with Crippen molar-refractivity contribution in [3.05, 3.63) is 0 Å². The quantitative estimate of drug-likeness (QED) is 0.710. The Labute approximate surface area is 103 Å². The van der Waals surface area contributed by atoms with E-state index >= 15 is 0 Å². The normalized spacial score (nSPS) is 30.6. The van der Waals surface area contributed by atoms with Crippen LogP contribution in [0.1, 0.15) is 12.8 Å². The highest BCUT2D eigenvalue weighted by atomic mass is 16.5. The average molecular weight is 241 g/mol. The number of likely N-dealkylation sites (tertiary alicyclic amines) is 1. The molecule has 2 aliphatic heterocycles. The number of morpholine rings is 1. The molecule has 0 aromatic rings. The van der Waals surface area contributed by atoms with E-state index in [2.05, 4.69) is 24.3 Å². The van der Waals surface area contributed by atoms with Gasteiger partial charge in [-0.25, -0.2) is 0 Å². The van der Waals surface area contributed by atoms with Gasteiger partial charge in [-0.2, -0.15) is 0 Å². The van der Waals surface area contributed by atoms with Crippen molar-refractivity contribution in [1.82, 2.24) is 15.1 Å². The SMILES string of the molecule is CN(C)C1CCCN(C(=O)C2CNCCO2)C1. The number of carbonyl (C=O) groups is 1. The molecule has 2 fully saturated rings. The van der Waals surface area contributed by atoms with Gasteiger partial charge >= 0.3 is 0 Å². The van der Waals surface area contributed by atoms with Gasteiger partial charge in [-0.1, -0.05) is 0 Å². The van der Waals surface area contributed by atoms with E-state index in [1.54, 1.807) is 0 Å². The zero-order chi connectivity index (χ0) is 12.3. The van der Waals surface area contributed by atoms with Crippen LogP contribution in [0.5, 0.6) is 0 Å². The second kappa shape index (κ2) is 5.80. The number of ether oxygens (including phenoxy) is 1. The number of amides is 1. The van der Waals surface area contributed by atoms with E-state index in [-0.39, 0.29) is 12.0 Å². The van der Waals surface area contributed by atoms with Crippen LogP contribution in [-0.2, 0) is 9.53 Å². The summed E-state index contributed by atoms with van der Waals surface area (Å²) in [5.41, 5.74) is 0. The lowest BCUT2D eigenvalue weighted by atomic mass is 10.0. The van der Waals surface area contributed by atoms with Gasteiger partial charge in [-0.05, 0) is 26.9 Å². The molecule has 2 atom stereocenters. The van der Waals surface area contributed by atoms with Gasteiger partial charge < -0.3 is 19.9 Å². The molecule has 0 bridgehead atoms. The maximum atomic E-state index is 12.3. The Morgan fingerprint density at radius 1 is 1.47 bits per heavy atom. The van der Waals surface area contributed by atoms with Crippen LogP contribution in [-0.4, -0.2) is 74.7 Å². The fourth-order valence-electron chi connectivity index (χ4n) is 2.50. The molecule has 0 saturated carbocycles. The summed E-state index contributed by atoms with van der Waals surface area (Å²) in [5, 5.41) is 3.21. The van der Waals surface area contributed by atoms with E-state index in [1.807, 2.05) is 4.90 Å². The van der Waals surface area contributed by atoms with Gasteiger partial charge in [0.25, 0.3) is 5.91 Å². The highest BCUT2D eigenvalue weighted by molar-refractivity contribution is 5.81. The molecule has 0 aromatic carbocycles. The van der Waals surface area contributed by atoms with Crippen molar-refractivity contribution < 1.29 is 9.53 Å². The topological polar surface area (TPSA) is 44.8 Å². The number of hydrogen-bond donors (Lipinski definition) is 1. The van der Waals surface area contributed by atoms with E-state index in [0.29, 0.717) is 19.2 Å². The molecule has 2 unspecified atom stereocenters. The third kappa shape index (κ3) is 3.18. The Balaban J connectivity index is 1.89. The lowest BCUT2D eigenvalue weighted by Crippen LogP contribution is -2.54. The lowest BCUT2D eigenvalue weighted by Gasteiger charge is -2.38. The molecule has 5 heteroatoms. The summed E-state index contributed by atoms with van der Waals surface area (Å²) in [6, 6.07) is 0.490. The van der Waals surface area contributed by atoms with E-state index in [9.17, 15) is 4.79 Å². The lowest BCUT2D eigenvalue weighted by molar-refractivity contribution is -0.147. The van der Waals surface area contributed by atoms with Gasteiger partial charge in [0.15, 0.2) is 0 Å². The Kier molecular flexibility index (Phi) is 4.36.